The van der Waals surface area contributed by atoms with E-state index < -0.39 is 0 Å². The lowest BCUT2D eigenvalue weighted by Crippen LogP contribution is -2.09. The molecule has 1 unspecified atom stereocenters. The van der Waals surface area contributed by atoms with Crippen LogP contribution in [0.1, 0.15) is 73.4 Å². The number of fused-ring (bicyclic) bond motifs is 1. The Morgan fingerprint density at radius 2 is 1.53 bits per heavy atom. The topological polar surface area (TPSA) is 0 Å². The lowest BCUT2D eigenvalue weighted by molar-refractivity contribution is 0.444. The monoisotopic (exact) mass is 276 g/mol. The minimum absolute atomic E-state index is 0.241. The van der Waals surface area contributed by atoms with Gasteiger partial charge in [-0.05, 0) is 61.1 Å². The number of hydrogen-bond acceptors (Lipinski definition) is 0. The fourth-order valence-corrected chi connectivity index (χ4v) is 4.19. The molecule has 0 aliphatic heterocycles. The van der Waals surface area contributed by atoms with Crippen molar-refractivity contribution in [1.82, 2.24) is 0 Å². The molecule has 2 aliphatic rings. The smallest absolute Gasteiger partial charge is 0.0613 e. The standard InChI is InChI=1S/C18H25Cl/c19-18(15-8-3-1-2-4-9-15)17-12-11-14-7-5-6-10-16(14)13-17/h11-13,15,18H,1-10H2. The Balaban J connectivity index is 1.76. The number of hydrogen-bond donors (Lipinski definition) is 0. The molecule has 1 saturated carbocycles. The highest BCUT2D eigenvalue weighted by Gasteiger charge is 2.23. The number of alkyl halides is 1. The Labute approximate surface area is 122 Å². The number of aryl methyl sites for hydroxylation is 2. The van der Waals surface area contributed by atoms with E-state index in [1.807, 2.05) is 0 Å². The molecule has 0 N–H and O–H groups in total. The Bertz CT molecular complexity index is 416. The summed E-state index contributed by atoms with van der Waals surface area (Å²) in [7, 11) is 0. The van der Waals surface area contributed by atoms with Gasteiger partial charge >= 0.3 is 0 Å². The van der Waals surface area contributed by atoms with Gasteiger partial charge in [-0.15, -0.1) is 11.6 Å². The van der Waals surface area contributed by atoms with E-state index in [1.54, 1.807) is 11.1 Å². The predicted octanol–water partition coefficient (Wildman–Crippen LogP) is 5.82. The van der Waals surface area contributed by atoms with Crippen LogP contribution in [0, 0.1) is 5.92 Å². The first-order valence-electron chi connectivity index (χ1n) is 8.10. The first-order valence-corrected chi connectivity index (χ1v) is 8.54. The first kappa shape index (κ1) is 13.5. The van der Waals surface area contributed by atoms with Gasteiger partial charge in [0.25, 0.3) is 0 Å². The molecule has 1 atom stereocenters. The Kier molecular flexibility index (Phi) is 4.48. The van der Waals surface area contributed by atoms with E-state index in [1.165, 1.54) is 69.8 Å². The van der Waals surface area contributed by atoms with Gasteiger partial charge in [-0.2, -0.15) is 0 Å². The molecule has 1 aromatic carbocycles. The molecular formula is C18H25Cl. The molecule has 1 fully saturated rings. The van der Waals surface area contributed by atoms with E-state index in [2.05, 4.69) is 18.2 Å². The zero-order valence-corrected chi connectivity index (χ0v) is 12.6. The summed E-state index contributed by atoms with van der Waals surface area (Å²) in [5.41, 5.74) is 4.52. The van der Waals surface area contributed by atoms with Crippen LogP contribution in [-0.4, -0.2) is 0 Å². The Morgan fingerprint density at radius 1 is 0.842 bits per heavy atom. The van der Waals surface area contributed by atoms with Crippen molar-refractivity contribution in [2.45, 2.75) is 69.6 Å². The summed E-state index contributed by atoms with van der Waals surface area (Å²) in [6, 6.07) is 7.06. The first-order chi connectivity index (χ1) is 9.34. The average molecular weight is 277 g/mol. The molecular weight excluding hydrogens is 252 g/mol. The van der Waals surface area contributed by atoms with Crippen LogP contribution in [-0.2, 0) is 12.8 Å². The number of halogens is 1. The predicted molar refractivity (Wildman–Crippen MR) is 82.9 cm³/mol. The van der Waals surface area contributed by atoms with Crippen LogP contribution in [0.25, 0.3) is 0 Å². The lowest BCUT2D eigenvalue weighted by atomic mass is 9.86. The average Bonchev–Trinajstić information content (AvgIpc) is 2.75. The molecule has 0 spiro atoms. The third kappa shape index (κ3) is 3.16. The molecule has 104 valence electrons. The Hall–Kier alpha value is -0.490. The van der Waals surface area contributed by atoms with Gasteiger partial charge in [0.15, 0.2) is 0 Å². The lowest BCUT2D eigenvalue weighted by Gasteiger charge is -2.23. The van der Waals surface area contributed by atoms with Crippen molar-refractivity contribution in [1.29, 1.82) is 0 Å². The molecule has 0 radical (unpaired) electrons. The van der Waals surface area contributed by atoms with Crippen LogP contribution in [0.15, 0.2) is 18.2 Å². The van der Waals surface area contributed by atoms with Gasteiger partial charge in [0, 0.05) is 0 Å². The van der Waals surface area contributed by atoms with Gasteiger partial charge < -0.3 is 0 Å². The zero-order chi connectivity index (χ0) is 13.1. The van der Waals surface area contributed by atoms with Crippen LogP contribution in [0.4, 0.5) is 0 Å². The van der Waals surface area contributed by atoms with Crippen molar-refractivity contribution in [2.24, 2.45) is 5.92 Å². The fraction of sp³-hybridized carbons (Fsp3) is 0.667. The van der Waals surface area contributed by atoms with Crippen molar-refractivity contribution in [3.63, 3.8) is 0 Å². The van der Waals surface area contributed by atoms with Crippen molar-refractivity contribution < 1.29 is 0 Å². The molecule has 0 heterocycles. The minimum atomic E-state index is 0.241. The summed E-state index contributed by atoms with van der Waals surface area (Å²) in [4.78, 5) is 0. The van der Waals surface area contributed by atoms with Gasteiger partial charge in [0.2, 0.25) is 0 Å². The molecule has 0 amide bonds. The normalized spacial score (nSPS) is 22.6. The summed E-state index contributed by atoms with van der Waals surface area (Å²) in [5, 5.41) is 0.241. The van der Waals surface area contributed by atoms with Gasteiger partial charge in [-0.3, -0.25) is 0 Å². The van der Waals surface area contributed by atoms with Gasteiger partial charge in [-0.25, -0.2) is 0 Å². The summed E-state index contributed by atoms with van der Waals surface area (Å²) in [6.45, 7) is 0. The third-order valence-electron chi connectivity index (χ3n) is 5.00. The van der Waals surface area contributed by atoms with Crippen LogP contribution in [0.5, 0.6) is 0 Å². The van der Waals surface area contributed by atoms with E-state index in [9.17, 15) is 0 Å². The molecule has 3 rings (SSSR count). The van der Waals surface area contributed by atoms with Crippen LogP contribution in [0.2, 0.25) is 0 Å². The molecule has 0 aromatic heterocycles. The van der Waals surface area contributed by atoms with Crippen molar-refractivity contribution in [2.75, 3.05) is 0 Å². The van der Waals surface area contributed by atoms with E-state index in [0.717, 1.165) is 0 Å². The highest BCUT2D eigenvalue weighted by molar-refractivity contribution is 6.21. The van der Waals surface area contributed by atoms with E-state index in [4.69, 9.17) is 11.6 Å². The highest BCUT2D eigenvalue weighted by Crippen LogP contribution is 2.39. The molecule has 19 heavy (non-hydrogen) atoms. The minimum Gasteiger partial charge on any atom is -0.118 e. The number of benzene rings is 1. The fourth-order valence-electron chi connectivity index (χ4n) is 3.80. The van der Waals surface area contributed by atoms with E-state index in [0.29, 0.717) is 5.92 Å². The molecule has 2 aliphatic carbocycles. The molecule has 0 saturated heterocycles. The second-order valence-electron chi connectivity index (χ2n) is 6.39. The van der Waals surface area contributed by atoms with Crippen LogP contribution >= 0.6 is 11.6 Å². The molecule has 1 aromatic rings. The van der Waals surface area contributed by atoms with Crippen molar-refractivity contribution in [3.8, 4) is 0 Å². The summed E-state index contributed by atoms with van der Waals surface area (Å²) in [6.07, 6.45) is 13.5. The molecule has 1 heteroatoms. The van der Waals surface area contributed by atoms with Crippen LogP contribution in [0.3, 0.4) is 0 Å². The maximum absolute atomic E-state index is 6.80. The SMILES string of the molecule is ClC(c1ccc2c(c1)CCCC2)C1CCCCCC1. The Morgan fingerprint density at radius 3 is 2.26 bits per heavy atom. The zero-order valence-electron chi connectivity index (χ0n) is 11.8. The molecule has 0 bridgehead atoms. The highest BCUT2D eigenvalue weighted by atomic mass is 35.5. The van der Waals surface area contributed by atoms with Crippen molar-refractivity contribution in [3.05, 3.63) is 34.9 Å². The van der Waals surface area contributed by atoms with E-state index in [-0.39, 0.29) is 5.38 Å². The largest absolute Gasteiger partial charge is 0.118 e. The number of rotatable bonds is 2. The quantitative estimate of drug-likeness (QED) is 0.472. The second kappa shape index (κ2) is 6.31. The maximum Gasteiger partial charge on any atom is 0.0613 e. The van der Waals surface area contributed by atoms with Crippen LogP contribution < -0.4 is 0 Å². The summed E-state index contributed by atoms with van der Waals surface area (Å²) >= 11 is 6.80. The second-order valence-corrected chi connectivity index (χ2v) is 6.86. The maximum atomic E-state index is 6.80. The third-order valence-corrected chi connectivity index (χ3v) is 5.61. The van der Waals surface area contributed by atoms with E-state index >= 15 is 0 Å². The van der Waals surface area contributed by atoms with Gasteiger partial charge in [0.1, 0.15) is 0 Å². The van der Waals surface area contributed by atoms with Gasteiger partial charge in [0.05, 0.1) is 5.38 Å². The van der Waals surface area contributed by atoms with Gasteiger partial charge in [-0.1, -0.05) is 43.9 Å². The summed E-state index contributed by atoms with van der Waals surface area (Å²) in [5.74, 6) is 0.700. The van der Waals surface area contributed by atoms with Crippen molar-refractivity contribution >= 4 is 11.6 Å². The summed E-state index contributed by atoms with van der Waals surface area (Å²) < 4.78 is 0. The molecule has 0 nitrogen and oxygen atoms in total.